The van der Waals surface area contributed by atoms with Crippen molar-refractivity contribution in [1.29, 1.82) is 0 Å². The molecule has 6 heteroatoms. The summed E-state index contributed by atoms with van der Waals surface area (Å²) in [6.45, 7) is 3.21. The van der Waals surface area contributed by atoms with Crippen LogP contribution >= 0.6 is 15.9 Å². The molecule has 0 saturated carbocycles. The van der Waals surface area contributed by atoms with Gasteiger partial charge in [-0.2, -0.15) is 4.98 Å². The Bertz CT molecular complexity index is 591. The molecule has 0 aliphatic rings. The van der Waals surface area contributed by atoms with Crippen molar-refractivity contribution in [3.05, 3.63) is 46.3 Å². The molecule has 1 aromatic heterocycles. The van der Waals surface area contributed by atoms with E-state index in [1.165, 1.54) is 6.20 Å². The molecular formula is C14H16BrFN4. The number of anilines is 2. The van der Waals surface area contributed by atoms with Gasteiger partial charge in [0.05, 0.1) is 6.20 Å². The Kier molecular flexibility index (Phi) is 4.89. The zero-order valence-electron chi connectivity index (χ0n) is 11.4. The molecule has 0 aliphatic heterocycles. The molecule has 2 rings (SSSR count). The number of hydrogen-bond acceptors (Lipinski definition) is 4. The number of rotatable bonds is 5. The number of halogens is 2. The molecule has 0 radical (unpaired) electrons. The minimum absolute atomic E-state index is 0.288. The average Bonchev–Trinajstić information content (AvgIpc) is 2.41. The first-order valence-electron chi connectivity index (χ1n) is 6.32. The number of aromatic nitrogens is 2. The van der Waals surface area contributed by atoms with Gasteiger partial charge in [0.2, 0.25) is 5.95 Å². The summed E-state index contributed by atoms with van der Waals surface area (Å²) in [6, 6.07) is 7.90. The Hall–Kier alpha value is -1.69. The van der Waals surface area contributed by atoms with Crippen LogP contribution in [0.4, 0.5) is 16.2 Å². The molecule has 1 aromatic carbocycles. The monoisotopic (exact) mass is 338 g/mol. The normalized spacial score (nSPS) is 10.4. The highest BCUT2D eigenvalue weighted by molar-refractivity contribution is 9.10. The van der Waals surface area contributed by atoms with Crippen LogP contribution in [0.3, 0.4) is 0 Å². The summed E-state index contributed by atoms with van der Waals surface area (Å²) in [7, 11) is 1.81. The van der Waals surface area contributed by atoms with Crippen LogP contribution in [-0.4, -0.2) is 23.6 Å². The lowest BCUT2D eigenvalue weighted by molar-refractivity contribution is 0.607. The van der Waals surface area contributed by atoms with Gasteiger partial charge in [0.1, 0.15) is 0 Å². The Morgan fingerprint density at radius 3 is 2.90 bits per heavy atom. The van der Waals surface area contributed by atoms with Crippen LogP contribution in [0.25, 0.3) is 0 Å². The number of benzene rings is 1. The Morgan fingerprint density at radius 2 is 2.20 bits per heavy atom. The van der Waals surface area contributed by atoms with Crippen molar-refractivity contribution in [3.8, 4) is 0 Å². The largest absolute Gasteiger partial charge is 0.354 e. The molecule has 0 atom stereocenters. The van der Waals surface area contributed by atoms with E-state index in [4.69, 9.17) is 0 Å². The minimum Gasteiger partial charge on any atom is -0.354 e. The van der Waals surface area contributed by atoms with Gasteiger partial charge in [0, 0.05) is 24.6 Å². The summed E-state index contributed by atoms with van der Waals surface area (Å²) < 4.78 is 14.8. The van der Waals surface area contributed by atoms with Gasteiger partial charge in [-0.25, -0.2) is 9.37 Å². The number of hydrogen-bond donors (Lipinski definition) is 1. The summed E-state index contributed by atoms with van der Waals surface area (Å²) in [5.74, 6) is 0.296. The highest BCUT2D eigenvalue weighted by Crippen LogP contribution is 2.19. The summed E-state index contributed by atoms with van der Waals surface area (Å²) in [5, 5.41) is 2.98. The molecule has 106 valence electrons. The second-order valence-corrected chi connectivity index (χ2v) is 5.30. The minimum atomic E-state index is -0.427. The van der Waals surface area contributed by atoms with E-state index >= 15 is 0 Å². The van der Waals surface area contributed by atoms with Gasteiger partial charge in [-0.05, 0) is 24.6 Å². The fraction of sp³-hybridized carbons (Fsp3) is 0.286. The van der Waals surface area contributed by atoms with Gasteiger partial charge in [-0.3, -0.25) is 0 Å². The van der Waals surface area contributed by atoms with E-state index in [-0.39, 0.29) is 5.82 Å². The molecular weight excluding hydrogens is 323 g/mol. The van der Waals surface area contributed by atoms with Crippen molar-refractivity contribution in [2.75, 3.05) is 23.8 Å². The van der Waals surface area contributed by atoms with E-state index in [0.29, 0.717) is 19.0 Å². The first kappa shape index (κ1) is 14.7. The molecule has 4 nitrogen and oxygen atoms in total. The third-order valence-electron chi connectivity index (χ3n) is 2.73. The third-order valence-corrected chi connectivity index (χ3v) is 3.22. The van der Waals surface area contributed by atoms with Crippen molar-refractivity contribution in [1.82, 2.24) is 9.97 Å². The van der Waals surface area contributed by atoms with Gasteiger partial charge < -0.3 is 10.2 Å². The fourth-order valence-corrected chi connectivity index (χ4v) is 2.30. The van der Waals surface area contributed by atoms with Crippen molar-refractivity contribution in [3.63, 3.8) is 0 Å². The van der Waals surface area contributed by atoms with Gasteiger partial charge in [0.25, 0.3) is 0 Å². The zero-order chi connectivity index (χ0) is 14.5. The lowest BCUT2D eigenvalue weighted by atomic mass is 10.2. The third kappa shape index (κ3) is 3.66. The van der Waals surface area contributed by atoms with E-state index in [2.05, 4.69) is 31.2 Å². The smallest absolute Gasteiger partial charge is 0.224 e. The molecule has 0 bridgehead atoms. The number of nitrogens with one attached hydrogen (secondary N) is 1. The van der Waals surface area contributed by atoms with Gasteiger partial charge in [-0.15, -0.1) is 0 Å². The van der Waals surface area contributed by atoms with E-state index in [0.717, 1.165) is 10.0 Å². The zero-order valence-corrected chi connectivity index (χ0v) is 13.0. The standard InChI is InChI=1S/C14H16BrFN4/c1-3-17-14-18-8-12(16)13(19-14)20(2)9-10-5-4-6-11(15)7-10/h4-8H,3,9H2,1-2H3,(H,17,18,19). The molecule has 1 heterocycles. The van der Waals surface area contributed by atoms with Crippen LogP contribution in [-0.2, 0) is 6.54 Å². The topological polar surface area (TPSA) is 41.1 Å². The van der Waals surface area contributed by atoms with Gasteiger partial charge in [-0.1, -0.05) is 28.1 Å². The molecule has 0 aliphatic carbocycles. The SMILES string of the molecule is CCNc1ncc(F)c(N(C)Cc2cccc(Br)c2)n1. The molecule has 2 aromatic rings. The van der Waals surface area contributed by atoms with Crippen LogP contribution in [0.1, 0.15) is 12.5 Å². The van der Waals surface area contributed by atoms with Crippen LogP contribution in [0.2, 0.25) is 0 Å². The maximum atomic E-state index is 13.8. The quantitative estimate of drug-likeness (QED) is 0.906. The summed E-state index contributed by atoms with van der Waals surface area (Å²) in [6.07, 6.45) is 1.19. The highest BCUT2D eigenvalue weighted by atomic mass is 79.9. The lowest BCUT2D eigenvalue weighted by Gasteiger charge is -2.19. The first-order chi connectivity index (χ1) is 9.60. The Balaban J connectivity index is 2.19. The second-order valence-electron chi connectivity index (χ2n) is 4.38. The van der Waals surface area contributed by atoms with Crippen LogP contribution in [0.5, 0.6) is 0 Å². The van der Waals surface area contributed by atoms with E-state index in [1.54, 1.807) is 4.90 Å². The summed E-state index contributed by atoms with van der Waals surface area (Å²) in [4.78, 5) is 9.86. The van der Waals surface area contributed by atoms with E-state index < -0.39 is 5.82 Å². The lowest BCUT2D eigenvalue weighted by Crippen LogP contribution is -2.20. The predicted molar refractivity (Wildman–Crippen MR) is 82.4 cm³/mol. The maximum absolute atomic E-state index is 13.8. The average molecular weight is 339 g/mol. The summed E-state index contributed by atoms with van der Waals surface area (Å²) >= 11 is 3.43. The molecule has 20 heavy (non-hydrogen) atoms. The summed E-state index contributed by atoms with van der Waals surface area (Å²) in [5.41, 5.74) is 1.07. The molecule has 0 spiro atoms. The predicted octanol–water partition coefficient (Wildman–Crippen LogP) is 3.45. The fourth-order valence-electron chi connectivity index (χ4n) is 1.85. The second kappa shape index (κ2) is 6.65. The van der Waals surface area contributed by atoms with Gasteiger partial charge in [0.15, 0.2) is 11.6 Å². The highest BCUT2D eigenvalue weighted by Gasteiger charge is 2.12. The van der Waals surface area contributed by atoms with Crippen molar-refractivity contribution < 1.29 is 4.39 Å². The molecule has 1 N–H and O–H groups in total. The molecule has 0 unspecified atom stereocenters. The Labute approximate surface area is 126 Å². The van der Waals surface area contributed by atoms with Gasteiger partial charge >= 0.3 is 0 Å². The maximum Gasteiger partial charge on any atom is 0.224 e. The number of nitrogens with zero attached hydrogens (tertiary/aromatic N) is 3. The first-order valence-corrected chi connectivity index (χ1v) is 7.11. The van der Waals surface area contributed by atoms with Crippen LogP contribution in [0, 0.1) is 5.82 Å². The molecule has 0 saturated heterocycles. The molecule has 0 fully saturated rings. The Morgan fingerprint density at radius 1 is 1.40 bits per heavy atom. The van der Waals surface area contributed by atoms with Crippen LogP contribution in [0.15, 0.2) is 34.9 Å². The molecule has 0 amide bonds. The van der Waals surface area contributed by atoms with Crippen molar-refractivity contribution in [2.45, 2.75) is 13.5 Å². The van der Waals surface area contributed by atoms with Crippen LogP contribution < -0.4 is 10.2 Å². The van der Waals surface area contributed by atoms with E-state index in [1.807, 2.05) is 38.2 Å². The van der Waals surface area contributed by atoms with E-state index in [9.17, 15) is 4.39 Å². The van der Waals surface area contributed by atoms with Crippen molar-refractivity contribution >= 4 is 27.7 Å². The van der Waals surface area contributed by atoms with Crippen molar-refractivity contribution in [2.24, 2.45) is 0 Å².